The van der Waals surface area contributed by atoms with Crippen molar-refractivity contribution in [1.82, 2.24) is 5.43 Å². The van der Waals surface area contributed by atoms with Crippen molar-refractivity contribution in [3.63, 3.8) is 0 Å². The minimum absolute atomic E-state index is 0.406. The molecule has 90 valence electrons. The quantitative estimate of drug-likeness (QED) is 0.459. The van der Waals surface area contributed by atoms with Crippen molar-refractivity contribution in [3.05, 3.63) is 28.7 Å². The number of benzene rings is 1. The normalized spacial score (nSPS) is 12.7. The fourth-order valence-corrected chi connectivity index (χ4v) is 3.01. The summed E-state index contributed by atoms with van der Waals surface area (Å²) >= 11 is 5.32. The fourth-order valence-electron chi connectivity index (χ4n) is 1.42. The lowest BCUT2D eigenvalue weighted by Gasteiger charge is -2.14. The third-order valence-electron chi connectivity index (χ3n) is 2.39. The number of nitrogens with one attached hydrogen (secondary N) is 1. The van der Waals surface area contributed by atoms with E-state index in [1.165, 1.54) is 17.7 Å². The van der Waals surface area contributed by atoms with Crippen LogP contribution in [0.25, 0.3) is 0 Å². The van der Waals surface area contributed by atoms with E-state index in [1.807, 2.05) is 17.8 Å². The summed E-state index contributed by atoms with van der Waals surface area (Å²) in [6, 6.07) is 8.77. The first-order chi connectivity index (χ1) is 7.76. The van der Waals surface area contributed by atoms with Gasteiger partial charge in [0.15, 0.2) is 0 Å². The predicted molar refractivity (Wildman–Crippen MR) is 75.5 cm³/mol. The van der Waals surface area contributed by atoms with Crippen LogP contribution >= 0.6 is 27.7 Å². The van der Waals surface area contributed by atoms with Gasteiger partial charge in [0, 0.05) is 21.2 Å². The maximum absolute atomic E-state index is 5.54. The van der Waals surface area contributed by atoms with Crippen LogP contribution < -0.4 is 11.3 Å². The van der Waals surface area contributed by atoms with E-state index >= 15 is 0 Å². The molecule has 0 heterocycles. The first-order valence-corrected chi connectivity index (χ1v) is 7.38. The largest absolute Gasteiger partial charge is 0.271 e. The van der Waals surface area contributed by atoms with Gasteiger partial charge < -0.3 is 0 Å². The number of hydrazine groups is 1. The Kier molecular flexibility index (Phi) is 7.12. The summed E-state index contributed by atoms with van der Waals surface area (Å²) in [7, 11) is 0. The van der Waals surface area contributed by atoms with Crippen molar-refractivity contribution in [1.29, 1.82) is 0 Å². The van der Waals surface area contributed by atoms with E-state index in [0.29, 0.717) is 6.04 Å². The third-order valence-corrected chi connectivity index (χ3v) is 4.04. The summed E-state index contributed by atoms with van der Waals surface area (Å²) in [5, 5.41) is 0. The van der Waals surface area contributed by atoms with Crippen molar-refractivity contribution in [2.75, 3.05) is 5.75 Å². The van der Waals surface area contributed by atoms with Gasteiger partial charge in [0.1, 0.15) is 0 Å². The molecule has 3 N–H and O–H groups in total. The molecule has 16 heavy (non-hydrogen) atoms. The molecule has 1 rings (SSSR count). The van der Waals surface area contributed by atoms with Crippen LogP contribution in [-0.2, 0) is 0 Å². The fraction of sp³-hybridized carbons (Fsp3) is 0.500. The zero-order chi connectivity index (χ0) is 11.8. The molecule has 0 saturated carbocycles. The molecule has 1 atom stereocenters. The highest BCUT2D eigenvalue weighted by Crippen LogP contribution is 2.23. The van der Waals surface area contributed by atoms with Gasteiger partial charge in [0.2, 0.25) is 0 Å². The first kappa shape index (κ1) is 14.0. The molecule has 1 aromatic rings. The Hall–Kier alpha value is -0.0300. The molecule has 0 aliphatic rings. The van der Waals surface area contributed by atoms with E-state index in [9.17, 15) is 0 Å². The smallest absolute Gasteiger partial charge is 0.0304 e. The van der Waals surface area contributed by atoms with Crippen molar-refractivity contribution in [2.45, 2.75) is 37.1 Å². The van der Waals surface area contributed by atoms with Crippen LogP contribution in [0.3, 0.4) is 0 Å². The molecule has 1 unspecified atom stereocenters. The SMILES string of the molecule is CCCCC(CSc1cccc(Br)c1)NN. The number of hydrogen-bond donors (Lipinski definition) is 2. The van der Waals surface area contributed by atoms with Crippen molar-refractivity contribution in [2.24, 2.45) is 5.84 Å². The van der Waals surface area contributed by atoms with E-state index in [2.05, 4.69) is 46.5 Å². The molecule has 0 aliphatic carbocycles. The molecule has 0 aromatic heterocycles. The molecule has 0 aliphatic heterocycles. The van der Waals surface area contributed by atoms with Crippen LogP contribution in [0.15, 0.2) is 33.6 Å². The predicted octanol–water partition coefficient (Wildman–Crippen LogP) is 3.56. The van der Waals surface area contributed by atoms with E-state index in [4.69, 9.17) is 5.84 Å². The standard InChI is InChI=1S/C12H19BrN2S/c1-2-3-6-11(15-14)9-16-12-7-4-5-10(13)8-12/h4-5,7-8,11,15H,2-3,6,9,14H2,1H3. The van der Waals surface area contributed by atoms with Gasteiger partial charge in [0.05, 0.1) is 0 Å². The maximum atomic E-state index is 5.54. The minimum Gasteiger partial charge on any atom is -0.271 e. The second kappa shape index (κ2) is 8.12. The molecule has 0 fully saturated rings. The highest BCUT2D eigenvalue weighted by atomic mass is 79.9. The lowest BCUT2D eigenvalue weighted by molar-refractivity contribution is 0.516. The van der Waals surface area contributed by atoms with Gasteiger partial charge >= 0.3 is 0 Å². The summed E-state index contributed by atoms with van der Waals surface area (Å²) < 4.78 is 1.13. The topological polar surface area (TPSA) is 38.0 Å². The maximum Gasteiger partial charge on any atom is 0.0304 e. The zero-order valence-electron chi connectivity index (χ0n) is 9.58. The average molecular weight is 303 g/mol. The first-order valence-electron chi connectivity index (χ1n) is 5.60. The molecule has 0 spiro atoms. The van der Waals surface area contributed by atoms with Crippen molar-refractivity contribution >= 4 is 27.7 Å². The second-order valence-corrected chi connectivity index (χ2v) is 5.78. The van der Waals surface area contributed by atoms with E-state index in [-0.39, 0.29) is 0 Å². The Morgan fingerprint density at radius 1 is 1.50 bits per heavy atom. The van der Waals surface area contributed by atoms with Gasteiger partial charge in [-0.15, -0.1) is 11.8 Å². The van der Waals surface area contributed by atoms with Crippen LogP contribution in [0.4, 0.5) is 0 Å². The lowest BCUT2D eigenvalue weighted by Crippen LogP contribution is -2.36. The van der Waals surface area contributed by atoms with Crippen LogP contribution in [0, 0.1) is 0 Å². The Morgan fingerprint density at radius 2 is 2.31 bits per heavy atom. The van der Waals surface area contributed by atoms with Gasteiger partial charge in [-0.05, 0) is 24.6 Å². The van der Waals surface area contributed by atoms with Crippen LogP contribution in [0.2, 0.25) is 0 Å². The summed E-state index contributed by atoms with van der Waals surface area (Å²) in [5.41, 5.74) is 2.89. The van der Waals surface area contributed by atoms with Crippen molar-refractivity contribution < 1.29 is 0 Å². The van der Waals surface area contributed by atoms with Crippen molar-refractivity contribution in [3.8, 4) is 0 Å². The molecule has 0 amide bonds. The molecule has 4 heteroatoms. The molecular formula is C12H19BrN2S. The minimum atomic E-state index is 0.406. The molecule has 2 nitrogen and oxygen atoms in total. The van der Waals surface area contributed by atoms with E-state index in [0.717, 1.165) is 16.6 Å². The number of thioether (sulfide) groups is 1. The highest BCUT2D eigenvalue weighted by Gasteiger charge is 2.06. The highest BCUT2D eigenvalue weighted by molar-refractivity contribution is 9.10. The molecule has 0 saturated heterocycles. The molecule has 0 radical (unpaired) electrons. The van der Waals surface area contributed by atoms with Gasteiger partial charge in [-0.25, -0.2) is 0 Å². The van der Waals surface area contributed by atoms with Gasteiger partial charge in [-0.2, -0.15) is 0 Å². The lowest BCUT2D eigenvalue weighted by atomic mass is 10.1. The van der Waals surface area contributed by atoms with Crippen LogP contribution in [0.1, 0.15) is 26.2 Å². The molecular weight excluding hydrogens is 284 g/mol. The summed E-state index contributed by atoms with van der Waals surface area (Å²) in [6.45, 7) is 2.20. The van der Waals surface area contributed by atoms with E-state index in [1.54, 1.807) is 0 Å². The van der Waals surface area contributed by atoms with Gasteiger partial charge in [0.25, 0.3) is 0 Å². The van der Waals surface area contributed by atoms with Gasteiger partial charge in [-0.3, -0.25) is 11.3 Å². The third kappa shape index (κ3) is 5.34. The van der Waals surface area contributed by atoms with Gasteiger partial charge in [-0.1, -0.05) is 41.8 Å². The number of hydrogen-bond acceptors (Lipinski definition) is 3. The van der Waals surface area contributed by atoms with Crippen LogP contribution in [-0.4, -0.2) is 11.8 Å². The Bertz CT molecular complexity index is 307. The van der Waals surface area contributed by atoms with E-state index < -0.39 is 0 Å². The summed E-state index contributed by atoms with van der Waals surface area (Å²) in [4.78, 5) is 1.28. The Labute approximate surface area is 110 Å². The number of unbranched alkanes of at least 4 members (excludes halogenated alkanes) is 1. The Morgan fingerprint density at radius 3 is 2.94 bits per heavy atom. The number of halogens is 1. The zero-order valence-corrected chi connectivity index (χ0v) is 12.0. The number of rotatable bonds is 7. The van der Waals surface area contributed by atoms with Crippen LogP contribution in [0.5, 0.6) is 0 Å². The summed E-state index contributed by atoms with van der Waals surface area (Å²) in [5.74, 6) is 6.56. The summed E-state index contributed by atoms with van der Waals surface area (Å²) in [6.07, 6.45) is 3.60. The molecule has 1 aromatic carbocycles. The average Bonchev–Trinajstić information content (AvgIpc) is 2.29. The molecule has 0 bridgehead atoms. The number of nitrogens with two attached hydrogens (primary N) is 1. The Balaban J connectivity index is 2.37. The monoisotopic (exact) mass is 302 g/mol. The second-order valence-electron chi connectivity index (χ2n) is 3.77.